The van der Waals surface area contributed by atoms with Gasteiger partial charge in [0.25, 0.3) is 6.43 Å². The molecule has 1 aliphatic heterocycles. The van der Waals surface area contributed by atoms with Crippen LogP contribution in [0.1, 0.15) is 0 Å². The first kappa shape index (κ1) is 8.10. The molecule has 1 atom stereocenters. The number of halogens is 3. The monoisotopic (exact) mass is 165 g/mol. The van der Waals surface area contributed by atoms with Gasteiger partial charge in [0.1, 0.15) is 12.7 Å². The van der Waals surface area contributed by atoms with E-state index >= 15 is 0 Å². The minimum absolute atomic E-state index is 0.632. The maximum Gasteiger partial charge on any atom is 0.268 e. The zero-order chi connectivity index (χ0) is 8.43. The molecule has 0 saturated carbocycles. The van der Waals surface area contributed by atoms with Gasteiger partial charge in [0.05, 0.1) is 5.57 Å². The molecular weight excluding hydrogens is 159 g/mol. The maximum atomic E-state index is 11.8. The van der Waals surface area contributed by atoms with Crippen LogP contribution < -0.4 is 5.32 Å². The molecule has 1 heterocycles. The number of carbonyl (C=O) groups is 1. The normalized spacial score (nSPS) is 23.8. The van der Waals surface area contributed by atoms with Gasteiger partial charge in [-0.3, -0.25) is 4.79 Å². The third kappa shape index (κ3) is 1.36. The van der Waals surface area contributed by atoms with Crippen LogP contribution in [0, 0.1) is 0 Å². The first-order valence-electron chi connectivity index (χ1n) is 3.01. The topological polar surface area (TPSA) is 29.1 Å². The van der Waals surface area contributed by atoms with Crippen molar-refractivity contribution in [2.24, 2.45) is 0 Å². The van der Waals surface area contributed by atoms with E-state index in [0.717, 1.165) is 6.20 Å². The molecule has 1 aliphatic rings. The van der Waals surface area contributed by atoms with Crippen LogP contribution in [-0.2, 0) is 4.79 Å². The van der Waals surface area contributed by atoms with Crippen molar-refractivity contribution in [3.8, 4) is 0 Å². The largest absolute Gasteiger partial charge is 0.378 e. The van der Waals surface area contributed by atoms with Gasteiger partial charge in [0, 0.05) is 6.20 Å². The molecule has 2 nitrogen and oxygen atoms in total. The molecule has 0 spiro atoms. The van der Waals surface area contributed by atoms with E-state index in [1.54, 1.807) is 0 Å². The summed E-state index contributed by atoms with van der Waals surface area (Å²) in [6, 6.07) is -1.10. The van der Waals surface area contributed by atoms with E-state index in [1.165, 1.54) is 0 Å². The molecule has 1 N–H and O–H groups in total. The molecule has 11 heavy (non-hydrogen) atoms. The molecular formula is C6H6F3NO. The second-order valence-corrected chi connectivity index (χ2v) is 2.14. The molecule has 0 fully saturated rings. The van der Waals surface area contributed by atoms with Gasteiger partial charge < -0.3 is 5.32 Å². The quantitative estimate of drug-likeness (QED) is 0.650. The van der Waals surface area contributed by atoms with Gasteiger partial charge in [0.15, 0.2) is 5.78 Å². The average molecular weight is 165 g/mol. The zero-order valence-electron chi connectivity index (χ0n) is 5.48. The van der Waals surface area contributed by atoms with E-state index in [-0.39, 0.29) is 0 Å². The van der Waals surface area contributed by atoms with Crippen LogP contribution in [0.25, 0.3) is 0 Å². The predicted molar refractivity (Wildman–Crippen MR) is 32.0 cm³/mol. The van der Waals surface area contributed by atoms with E-state index in [9.17, 15) is 18.0 Å². The number of hydrogen-bond acceptors (Lipinski definition) is 2. The van der Waals surface area contributed by atoms with Crippen LogP contribution in [-0.4, -0.2) is 24.9 Å². The first-order valence-corrected chi connectivity index (χ1v) is 3.01. The Morgan fingerprint density at radius 3 is 2.55 bits per heavy atom. The third-order valence-corrected chi connectivity index (χ3v) is 1.43. The smallest absolute Gasteiger partial charge is 0.268 e. The Morgan fingerprint density at radius 2 is 2.27 bits per heavy atom. The van der Waals surface area contributed by atoms with E-state index in [0.29, 0.717) is 0 Å². The second-order valence-electron chi connectivity index (χ2n) is 2.14. The van der Waals surface area contributed by atoms with Crippen LogP contribution >= 0.6 is 0 Å². The van der Waals surface area contributed by atoms with Gasteiger partial charge in [-0.1, -0.05) is 0 Å². The van der Waals surface area contributed by atoms with Crippen molar-refractivity contribution in [1.82, 2.24) is 5.32 Å². The fourth-order valence-corrected chi connectivity index (χ4v) is 0.824. The number of alkyl halides is 3. The molecule has 62 valence electrons. The average Bonchev–Trinajstić information content (AvgIpc) is 2.30. The standard InChI is InChI=1S/C6H6F3NO/c7-1-4-5(11)3(2-10-4)6(8)9/h2,4,6,10H,1H2. The minimum Gasteiger partial charge on any atom is -0.378 e. The first-order chi connectivity index (χ1) is 5.16. The minimum atomic E-state index is -2.81. The highest BCUT2D eigenvalue weighted by atomic mass is 19.3. The summed E-state index contributed by atoms with van der Waals surface area (Å²) in [6.45, 7) is -0.953. The lowest BCUT2D eigenvalue weighted by Gasteiger charge is -2.02. The Bertz CT molecular complexity index is 202. The van der Waals surface area contributed by atoms with Gasteiger partial charge >= 0.3 is 0 Å². The lowest BCUT2D eigenvalue weighted by atomic mass is 10.1. The maximum absolute atomic E-state index is 11.8. The van der Waals surface area contributed by atoms with Crippen molar-refractivity contribution in [3.63, 3.8) is 0 Å². The van der Waals surface area contributed by atoms with Crippen LogP contribution in [0.4, 0.5) is 13.2 Å². The molecule has 0 bridgehead atoms. The van der Waals surface area contributed by atoms with Crippen LogP contribution in [0.15, 0.2) is 11.8 Å². The molecule has 0 radical (unpaired) electrons. The van der Waals surface area contributed by atoms with E-state index in [1.807, 2.05) is 0 Å². The number of hydrogen-bond donors (Lipinski definition) is 1. The number of rotatable bonds is 2. The Labute approximate surface area is 61.1 Å². The molecule has 1 rings (SSSR count). The number of carbonyl (C=O) groups excluding carboxylic acids is 1. The second kappa shape index (κ2) is 2.94. The van der Waals surface area contributed by atoms with Gasteiger partial charge in [-0.2, -0.15) is 0 Å². The lowest BCUT2D eigenvalue weighted by Crippen LogP contribution is -2.30. The van der Waals surface area contributed by atoms with E-state index < -0.39 is 30.5 Å². The summed E-state index contributed by atoms with van der Waals surface area (Å²) in [4.78, 5) is 10.7. The summed E-state index contributed by atoms with van der Waals surface area (Å²) in [5.41, 5.74) is -0.632. The van der Waals surface area contributed by atoms with Crippen molar-refractivity contribution in [2.75, 3.05) is 6.67 Å². The van der Waals surface area contributed by atoms with Crippen molar-refractivity contribution in [2.45, 2.75) is 12.5 Å². The highest BCUT2D eigenvalue weighted by Crippen LogP contribution is 2.15. The summed E-state index contributed by atoms with van der Waals surface area (Å²) in [5, 5.41) is 2.22. The van der Waals surface area contributed by atoms with Gasteiger partial charge in [-0.25, -0.2) is 13.2 Å². The van der Waals surface area contributed by atoms with Gasteiger partial charge in [-0.05, 0) is 0 Å². The molecule has 1 unspecified atom stereocenters. The molecule has 5 heteroatoms. The summed E-state index contributed by atoms with van der Waals surface area (Å²) in [7, 11) is 0. The van der Waals surface area contributed by atoms with E-state index in [2.05, 4.69) is 5.32 Å². The predicted octanol–water partition coefficient (Wildman–Crippen LogP) is 0.646. The molecule has 0 aliphatic carbocycles. The highest BCUT2D eigenvalue weighted by molar-refractivity contribution is 6.02. The number of nitrogens with one attached hydrogen (secondary N) is 1. The van der Waals surface area contributed by atoms with Crippen LogP contribution in [0.5, 0.6) is 0 Å². The Morgan fingerprint density at radius 1 is 1.64 bits per heavy atom. The summed E-state index contributed by atoms with van der Waals surface area (Å²) >= 11 is 0. The Kier molecular flexibility index (Phi) is 2.16. The van der Waals surface area contributed by atoms with Gasteiger partial charge in [0.2, 0.25) is 0 Å². The van der Waals surface area contributed by atoms with Crippen molar-refractivity contribution < 1.29 is 18.0 Å². The third-order valence-electron chi connectivity index (χ3n) is 1.43. The number of Topliss-reactive ketones (excluding diaryl/α,β-unsaturated/α-hetero) is 1. The van der Waals surface area contributed by atoms with Crippen molar-refractivity contribution in [3.05, 3.63) is 11.8 Å². The lowest BCUT2D eigenvalue weighted by molar-refractivity contribution is -0.117. The summed E-state index contributed by atoms with van der Waals surface area (Å²) < 4.78 is 35.5. The fraction of sp³-hybridized carbons (Fsp3) is 0.500. The van der Waals surface area contributed by atoms with Crippen molar-refractivity contribution in [1.29, 1.82) is 0 Å². The fourth-order valence-electron chi connectivity index (χ4n) is 0.824. The Balaban J connectivity index is 2.67. The summed E-state index contributed by atoms with van der Waals surface area (Å²) in [5.74, 6) is -0.845. The highest BCUT2D eigenvalue weighted by Gasteiger charge is 2.31. The Hall–Kier alpha value is -1.00. The molecule has 0 aromatic carbocycles. The zero-order valence-corrected chi connectivity index (χ0v) is 5.48. The van der Waals surface area contributed by atoms with Crippen LogP contribution in [0.2, 0.25) is 0 Å². The number of ketones is 1. The molecule has 0 amide bonds. The van der Waals surface area contributed by atoms with Gasteiger partial charge in [-0.15, -0.1) is 0 Å². The SMILES string of the molecule is O=C1C(C(F)F)=CNC1CF. The molecule has 0 aromatic heterocycles. The molecule has 0 aromatic rings. The van der Waals surface area contributed by atoms with Crippen molar-refractivity contribution >= 4 is 5.78 Å². The van der Waals surface area contributed by atoms with Crippen LogP contribution in [0.3, 0.4) is 0 Å². The molecule has 0 saturated heterocycles. The summed E-state index contributed by atoms with van der Waals surface area (Å²) in [6.07, 6.45) is -1.94. The van der Waals surface area contributed by atoms with E-state index in [4.69, 9.17) is 0 Å².